The summed E-state index contributed by atoms with van der Waals surface area (Å²) >= 11 is 0. The van der Waals surface area contributed by atoms with Gasteiger partial charge in [0.1, 0.15) is 0 Å². The van der Waals surface area contributed by atoms with Crippen molar-refractivity contribution in [1.29, 1.82) is 0 Å². The third-order valence-electron chi connectivity index (χ3n) is 5.59. The zero-order chi connectivity index (χ0) is 21.3. The second-order valence-electron chi connectivity index (χ2n) is 7.88. The molecule has 0 aliphatic carbocycles. The number of imide groups is 1. The summed E-state index contributed by atoms with van der Waals surface area (Å²) in [6.45, 7) is 2.48. The van der Waals surface area contributed by atoms with Gasteiger partial charge in [0.15, 0.2) is 0 Å². The Morgan fingerprint density at radius 3 is 1.97 bits per heavy atom. The number of nitrogens with zero attached hydrogens (tertiary/aromatic N) is 1. The second-order valence-corrected chi connectivity index (χ2v) is 7.88. The number of amides is 3. The summed E-state index contributed by atoms with van der Waals surface area (Å²) in [6, 6.07) is 17.0. The Morgan fingerprint density at radius 2 is 1.33 bits per heavy atom. The van der Waals surface area contributed by atoms with Crippen molar-refractivity contribution in [3.63, 3.8) is 0 Å². The standard InChI is InChI=1S/C25H30N2O3/c1-19(20-13-7-6-8-14-20)26-23(28)17-9-4-2-3-5-12-18-27-24(29)21-15-10-11-16-22(21)25(27)30/h6-8,10-11,13-16,19H,2-5,9,12,17-18H2,1H3,(H,26,28)/t19-/m0/s1. The first-order valence-electron chi connectivity index (χ1n) is 10.9. The van der Waals surface area contributed by atoms with Gasteiger partial charge in [-0.1, -0.05) is 68.1 Å². The van der Waals surface area contributed by atoms with Gasteiger partial charge in [0.2, 0.25) is 5.91 Å². The third-order valence-corrected chi connectivity index (χ3v) is 5.59. The van der Waals surface area contributed by atoms with E-state index in [1.165, 1.54) is 4.90 Å². The molecule has 158 valence electrons. The molecule has 0 fully saturated rings. The minimum absolute atomic E-state index is 0.0286. The summed E-state index contributed by atoms with van der Waals surface area (Å²) in [5.41, 5.74) is 2.15. The summed E-state index contributed by atoms with van der Waals surface area (Å²) < 4.78 is 0. The smallest absolute Gasteiger partial charge is 0.261 e. The highest BCUT2D eigenvalue weighted by Crippen LogP contribution is 2.23. The molecule has 5 heteroatoms. The lowest BCUT2D eigenvalue weighted by Crippen LogP contribution is -2.30. The molecule has 1 N–H and O–H groups in total. The fourth-order valence-corrected chi connectivity index (χ4v) is 3.84. The topological polar surface area (TPSA) is 66.5 Å². The molecule has 0 saturated carbocycles. The van der Waals surface area contributed by atoms with Crippen LogP contribution in [0.25, 0.3) is 0 Å². The minimum atomic E-state index is -0.175. The van der Waals surface area contributed by atoms with Crippen LogP contribution in [0.5, 0.6) is 0 Å². The average Bonchev–Trinajstić information content (AvgIpc) is 3.01. The van der Waals surface area contributed by atoms with Crippen LogP contribution in [-0.4, -0.2) is 29.2 Å². The summed E-state index contributed by atoms with van der Waals surface area (Å²) in [5, 5.41) is 3.05. The number of hydrogen-bond donors (Lipinski definition) is 1. The Bertz CT molecular complexity index is 844. The number of hydrogen-bond acceptors (Lipinski definition) is 3. The molecule has 0 saturated heterocycles. The van der Waals surface area contributed by atoms with Gasteiger partial charge in [-0.3, -0.25) is 19.3 Å². The first-order chi connectivity index (χ1) is 14.6. The fourth-order valence-electron chi connectivity index (χ4n) is 3.84. The molecule has 1 atom stereocenters. The maximum Gasteiger partial charge on any atom is 0.261 e. The Kier molecular flexibility index (Phi) is 7.77. The highest BCUT2D eigenvalue weighted by atomic mass is 16.2. The summed E-state index contributed by atoms with van der Waals surface area (Å²) in [6.07, 6.45) is 6.35. The van der Waals surface area contributed by atoms with Crippen molar-refractivity contribution in [1.82, 2.24) is 10.2 Å². The van der Waals surface area contributed by atoms with Gasteiger partial charge in [0.25, 0.3) is 11.8 Å². The SMILES string of the molecule is C[C@H](NC(=O)CCCCCCCCN1C(=O)c2ccccc2C1=O)c1ccccc1. The van der Waals surface area contributed by atoms with Crippen molar-refractivity contribution in [2.24, 2.45) is 0 Å². The number of carbonyl (C=O) groups excluding carboxylic acids is 3. The van der Waals surface area contributed by atoms with Gasteiger partial charge in [-0.2, -0.15) is 0 Å². The van der Waals surface area contributed by atoms with E-state index in [-0.39, 0.29) is 23.8 Å². The third kappa shape index (κ3) is 5.56. The number of unbranched alkanes of at least 4 members (excludes halogenated alkanes) is 5. The lowest BCUT2D eigenvalue weighted by Gasteiger charge is -2.14. The molecule has 0 spiro atoms. The van der Waals surface area contributed by atoms with Crippen LogP contribution < -0.4 is 5.32 Å². The van der Waals surface area contributed by atoms with Crippen LogP contribution >= 0.6 is 0 Å². The van der Waals surface area contributed by atoms with Gasteiger partial charge in [-0.05, 0) is 37.5 Å². The lowest BCUT2D eigenvalue weighted by atomic mass is 10.1. The Hall–Kier alpha value is -2.95. The van der Waals surface area contributed by atoms with Crippen molar-refractivity contribution < 1.29 is 14.4 Å². The monoisotopic (exact) mass is 406 g/mol. The van der Waals surface area contributed by atoms with E-state index in [9.17, 15) is 14.4 Å². The first-order valence-corrected chi connectivity index (χ1v) is 10.9. The van der Waals surface area contributed by atoms with Crippen LogP contribution in [0.2, 0.25) is 0 Å². The van der Waals surface area contributed by atoms with Crippen LogP contribution in [0.15, 0.2) is 54.6 Å². The molecule has 2 aromatic carbocycles. The van der Waals surface area contributed by atoms with Crippen LogP contribution in [0.4, 0.5) is 0 Å². The average molecular weight is 407 g/mol. The molecule has 2 aromatic rings. The maximum atomic E-state index is 12.3. The van der Waals surface area contributed by atoms with Crippen molar-refractivity contribution >= 4 is 17.7 Å². The quantitative estimate of drug-likeness (QED) is 0.427. The molecule has 0 unspecified atom stereocenters. The molecular formula is C25H30N2O3. The normalized spacial score (nSPS) is 14.0. The Balaban J connectivity index is 1.24. The maximum absolute atomic E-state index is 12.3. The predicted octanol–water partition coefficient (Wildman–Crippen LogP) is 4.89. The van der Waals surface area contributed by atoms with Crippen LogP contribution in [-0.2, 0) is 4.79 Å². The van der Waals surface area contributed by atoms with E-state index >= 15 is 0 Å². The van der Waals surface area contributed by atoms with Crippen molar-refractivity contribution in [2.75, 3.05) is 6.54 Å². The largest absolute Gasteiger partial charge is 0.350 e. The van der Waals surface area contributed by atoms with E-state index in [0.717, 1.165) is 44.1 Å². The second kappa shape index (κ2) is 10.7. The highest BCUT2D eigenvalue weighted by molar-refractivity contribution is 6.21. The van der Waals surface area contributed by atoms with E-state index in [4.69, 9.17) is 0 Å². The minimum Gasteiger partial charge on any atom is -0.350 e. The highest BCUT2D eigenvalue weighted by Gasteiger charge is 2.34. The molecule has 3 rings (SSSR count). The molecule has 1 aliphatic heterocycles. The van der Waals surface area contributed by atoms with E-state index in [1.54, 1.807) is 24.3 Å². The number of rotatable bonds is 11. The van der Waals surface area contributed by atoms with Gasteiger partial charge >= 0.3 is 0 Å². The fraction of sp³-hybridized carbons (Fsp3) is 0.400. The number of benzene rings is 2. The van der Waals surface area contributed by atoms with Gasteiger partial charge in [0.05, 0.1) is 17.2 Å². The van der Waals surface area contributed by atoms with Crippen LogP contribution in [0.3, 0.4) is 0 Å². The molecule has 1 aliphatic rings. The van der Waals surface area contributed by atoms with Gasteiger partial charge < -0.3 is 5.32 Å². The number of carbonyl (C=O) groups is 3. The van der Waals surface area contributed by atoms with Gasteiger partial charge in [-0.15, -0.1) is 0 Å². The first kappa shape index (κ1) is 21.8. The summed E-state index contributed by atoms with van der Waals surface area (Å²) in [7, 11) is 0. The number of fused-ring (bicyclic) bond motifs is 1. The summed E-state index contributed by atoms with van der Waals surface area (Å²) in [4.78, 5) is 38.1. The Morgan fingerprint density at radius 1 is 0.800 bits per heavy atom. The lowest BCUT2D eigenvalue weighted by molar-refractivity contribution is -0.121. The molecule has 1 heterocycles. The van der Waals surface area contributed by atoms with Crippen molar-refractivity contribution in [2.45, 2.75) is 57.9 Å². The zero-order valence-electron chi connectivity index (χ0n) is 17.6. The van der Waals surface area contributed by atoms with Gasteiger partial charge in [0, 0.05) is 13.0 Å². The molecular weight excluding hydrogens is 376 g/mol. The molecule has 5 nitrogen and oxygen atoms in total. The number of nitrogens with one attached hydrogen (secondary N) is 1. The molecule has 3 amide bonds. The van der Waals surface area contributed by atoms with E-state index in [0.29, 0.717) is 24.1 Å². The van der Waals surface area contributed by atoms with Crippen LogP contribution in [0, 0.1) is 0 Å². The van der Waals surface area contributed by atoms with Gasteiger partial charge in [-0.25, -0.2) is 0 Å². The summed E-state index contributed by atoms with van der Waals surface area (Å²) in [5.74, 6) is -0.255. The van der Waals surface area contributed by atoms with Crippen LogP contribution in [0.1, 0.15) is 84.2 Å². The van der Waals surface area contributed by atoms with E-state index in [1.807, 2.05) is 37.3 Å². The molecule has 30 heavy (non-hydrogen) atoms. The molecule has 0 bridgehead atoms. The van der Waals surface area contributed by atoms with Crippen molar-refractivity contribution in [3.8, 4) is 0 Å². The van der Waals surface area contributed by atoms with E-state index < -0.39 is 0 Å². The molecule has 0 aromatic heterocycles. The van der Waals surface area contributed by atoms with E-state index in [2.05, 4.69) is 5.32 Å². The molecule has 0 radical (unpaired) electrons. The zero-order valence-corrected chi connectivity index (χ0v) is 17.6. The predicted molar refractivity (Wildman–Crippen MR) is 117 cm³/mol. The van der Waals surface area contributed by atoms with Crippen molar-refractivity contribution in [3.05, 3.63) is 71.3 Å². The Labute approximate surface area is 178 Å².